The van der Waals surface area contributed by atoms with Crippen molar-refractivity contribution >= 4 is 0 Å². The molecule has 0 nitrogen and oxygen atoms in total. The van der Waals surface area contributed by atoms with Crippen LogP contribution in [0.25, 0.3) is 0 Å². The van der Waals surface area contributed by atoms with E-state index >= 15 is 0 Å². The zero-order valence-corrected chi connectivity index (χ0v) is 84.3. The number of hydrogen-bond acceptors (Lipinski definition) is 0. The molecule has 0 aromatic rings. The van der Waals surface area contributed by atoms with Crippen LogP contribution in [0.4, 0.5) is 0 Å². The fourth-order valence-electron chi connectivity index (χ4n) is 32.3. The van der Waals surface area contributed by atoms with E-state index in [0.29, 0.717) is 5.41 Å². The summed E-state index contributed by atoms with van der Waals surface area (Å²) in [6.07, 6.45) is 75.8. The Bertz CT molecular complexity index is 1730. The molecule has 0 amide bonds. The molecule has 0 N–H and O–H groups in total. The van der Waals surface area contributed by atoms with Gasteiger partial charge in [-0.3, -0.25) is 0 Å². The molecule has 0 spiro atoms. The first-order valence-electron chi connectivity index (χ1n) is 55.0. The van der Waals surface area contributed by atoms with Crippen LogP contribution < -0.4 is 0 Å². The van der Waals surface area contributed by atoms with E-state index < -0.39 is 0 Å². The molecule has 0 radical (unpaired) electrons. The molecule has 0 aromatic heterocycles. The zero-order chi connectivity index (χ0) is 84.3. The van der Waals surface area contributed by atoms with Gasteiger partial charge in [0.2, 0.25) is 0 Å². The van der Waals surface area contributed by atoms with Crippen molar-refractivity contribution in [2.24, 2.45) is 188 Å². The van der Waals surface area contributed by atoms with Crippen molar-refractivity contribution in [2.75, 3.05) is 0 Å². The van der Waals surface area contributed by atoms with Crippen LogP contribution in [-0.2, 0) is 0 Å². The molecule has 28 aliphatic rings. The molecule has 28 fully saturated rings. The minimum Gasteiger partial charge on any atom is -0.0683 e. The maximum absolute atomic E-state index is 2.59. The molecular weight excluding hydrogens is 1350 g/mol. The normalized spacial score (nSPS) is 41.8. The van der Waals surface area contributed by atoms with Crippen molar-refractivity contribution in [3.63, 3.8) is 0 Å². The van der Waals surface area contributed by atoms with Crippen LogP contribution in [0, 0.1) is 188 Å². The molecule has 8 atom stereocenters. The molecule has 670 valence electrons. The summed E-state index contributed by atoms with van der Waals surface area (Å²) in [4.78, 5) is 0. The lowest BCUT2D eigenvalue weighted by Crippen LogP contribution is -2.62. The smallest absolute Gasteiger partial charge is 0.0292 e. The minimum atomic E-state index is 0.677. The van der Waals surface area contributed by atoms with Gasteiger partial charge in [0, 0.05) is 0 Å². The number of rotatable bonds is 0. The maximum Gasteiger partial charge on any atom is -0.0292 e. The highest BCUT2D eigenvalue weighted by atomic mass is 14.7. The molecule has 28 saturated carbocycles. The summed E-state index contributed by atoms with van der Waals surface area (Å²) >= 11 is 0. The quantitative estimate of drug-likeness (QED) is 0.227. The lowest BCUT2D eigenvalue weighted by atomic mass is 9.36. The molecule has 112 heavy (non-hydrogen) atoms. The summed E-state index contributed by atoms with van der Waals surface area (Å²) < 4.78 is 0. The summed E-state index contributed by atoms with van der Waals surface area (Å²) in [6.45, 7) is 66.1. The largest absolute Gasteiger partial charge is 0.0683 e. The van der Waals surface area contributed by atoms with Crippen LogP contribution >= 0.6 is 0 Å². The molecule has 28 aliphatic carbocycles. The molecule has 28 rings (SSSR count). The third-order valence-electron chi connectivity index (χ3n) is 34.7. The van der Waals surface area contributed by atoms with E-state index in [2.05, 4.69) is 27.7 Å². The molecule has 0 heteroatoms. The van der Waals surface area contributed by atoms with Gasteiger partial charge in [-0.05, 0) is 426 Å². The van der Waals surface area contributed by atoms with Gasteiger partial charge in [0.1, 0.15) is 0 Å². The van der Waals surface area contributed by atoms with Crippen LogP contribution in [0.15, 0.2) is 0 Å². The summed E-state index contributed by atoms with van der Waals surface area (Å²) in [5.41, 5.74) is 1.40. The second kappa shape index (κ2) is 59.7. The SMILES string of the molecule is C1C2CC3C4CC5CC(C14)C(C2)C3C5.C1C2CC3CC1CC(C2)C3.C1C2CC3CC1CC(C2)C3.C1C2CC3CC1CC(C2)C3.C1CC2C3CCC(C3)C2C1.C1CCCCC1.CC.CC.CC.CC.CC.CC.CC.CC.CC.CC.CC.CC.CC.CC.CC1(C)C2CCC1CC2.CC1(C)C2CCCCC2C2CCCCC21. The lowest BCUT2D eigenvalue weighted by Gasteiger charge is -2.69. The highest BCUT2D eigenvalue weighted by molar-refractivity contribution is 5.13. The monoisotopic (exact) mass is 1570 g/mol. The van der Waals surface area contributed by atoms with Crippen LogP contribution in [-0.4, -0.2) is 0 Å². The summed E-state index contributed by atoms with van der Waals surface area (Å²) in [5.74, 6) is 35.2. The summed E-state index contributed by atoms with van der Waals surface area (Å²) in [5, 5.41) is 0. The van der Waals surface area contributed by atoms with Gasteiger partial charge in [-0.25, -0.2) is 0 Å². The highest BCUT2D eigenvalue weighted by Gasteiger charge is 2.63. The molecule has 8 unspecified atom stereocenters. The Morgan fingerprint density at radius 2 is 0.304 bits per heavy atom. The van der Waals surface area contributed by atoms with E-state index in [-0.39, 0.29) is 0 Å². The third-order valence-corrected chi connectivity index (χ3v) is 34.7. The van der Waals surface area contributed by atoms with Crippen molar-refractivity contribution in [3.05, 3.63) is 0 Å². The average Bonchev–Trinajstić information content (AvgIpc) is 0.840. The van der Waals surface area contributed by atoms with Crippen molar-refractivity contribution < 1.29 is 0 Å². The first-order chi connectivity index (χ1) is 55.0. The second-order valence-corrected chi connectivity index (χ2v) is 39.8. The van der Waals surface area contributed by atoms with E-state index in [1.165, 1.54) is 232 Å². The fraction of sp³-hybridized carbons (Fsp3) is 1.00. The Balaban J connectivity index is 0.000000418. The van der Waals surface area contributed by atoms with E-state index in [9.17, 15) is 0 Å². The van der Waals surface area contributed by atoms with E-state index in [1.807, 2.05) is 194 Å². The fourth-order valence-corrected chi connectivity index (χ4v) is 32.3. The second-order valence-electron chi connectivity index (χ2n) is 39.8. The number of fused-ring (bicyclic) bond motifs is 10. The van der Waals surface area contributed by atoms with E-state index in [1.54, 1.807) is 218 Å². The van der Waals surface area contributed by atoms with Crippen LogP contribution in [0.2, 0.25) is 0 Å². The Morgan fingerprint density at radius 3 is 0.482 bits per heavy atom. The average molecular weight is 1570 g/mol. The van der Waals surface area contributed by atoms with E-state index in [4.69, 9.17) is 0 Å². The van der Waals surface area contributed by atoms with Gasteiger partial charge in [-0.2, -0.15) is 0 Å². The predicted molar refractivity (Wildman–Crippen MR) is 513 cm³/mol. The van der Waals surface area contributed by atoms with Gasteiger partial charge in [0.05, 0.1) is 0 Å². The van der Waals surface area contributed by atoms with Crippen LogP contribution in [0.1, 0.15) is 530 Å². The van der Waals surface area contributed by atoms with Crippen LogP contribution in [0.5, 0.6) is 0 Å². The van der Waals surface area contributed by atoms with Gasteiger partial charge in [0.15, 0.2) is 0 Å². The summed E-state index contributed by atoms with van der Waals surface area (Å²) in [7, 11) is 0. The standard InChI is InChI=1S/C15H26.C14H20.4C10H16.C9H16.C6H12.14C2H6/c1-15(2)13-9-5-3-7-11(13)12-8-4-6-10-14(12)15;1-7-2-12-10-4-8-5-11(9(1)10)13(3-7)14(12)6-8;3*1-7-2-9-4-8(1)5-10(3-7)6-9;1-2-9-7-4-5-8(6-7)10(9)3-1;1-9(2)7-3-4-8(9)6-5-7;1-2-4-6-5-3-1;14*1-2/h11-14H,3-10H2,1-2H3;7-14H,1-6H2;4*7-10H,1-6H2;7-8H,3-6H2,1-2H3;1-6H2;14*1-2H3. The molecule has 0 aliphatic heterocycles. The Morgan fingerprint density at radius 1 is 0.134 bits per heavy atom. The topological polar surface area (TPSA) is 0 Å². The Labute approximate surface area is 713 Å². The zero-order valence-electron chi connectivity index (χ0n) is 84.3. The first-order valence-corrected chi connectivity index (χ1v) is 55.0. The predicted octanol–water partition coefficient (Wildman–Crippen LogP) is 38.8. The van der Waals surface area contributed by atoms with Crippen molar-refractivity contribution in [3.8, 4) is 0 Å². The van der Waals surface area contributed by atoms with Gasteiger partial charge < -0.3 is 0 Å². The highest BCUT2D eigenvalue weighted by Crippen LogP contribution is 2.72. The molecule has 24 bridgehead atoms. The molecule has 0 saturated heterocycles. The van der Waals surface area contributed by atoms with Gasteiger partial charge >= 0.3 is 0 Å². The lowest BCUT2D eigenvalue weighted by molar-refractivity contribution is -0.202. The molecule has 0 heterocycles. The van der Waals surface area contributed by atoms with Crippen LogP contribution in [0.3, 0.4) is 0 Å². The Kier molecular flexibility index (Phi) is 57.6. The third kappa shape index (κ3) is 28.8. The molecule has 0 aromatic carbocycles. The van der Waals surface area contributed by atoms with Crippen molar-refractivity contribution in [1.29, 1.82) is 0 Å². The van der Waals surface area contributed by atoms with Gasteiger partial charge in [0.25, 0.3) is 0 Å². The van der Waals surface area contributed by atoms with Crippen molar-refractivity contribution in [2.45, 2.75) is 530 Å². The first kappa shape index (κ1) is 108. The van der Waals surface area contributed by atoms with Crippen molar-refractivity contribution in [1.82, 2.24) is 0 Å². The number of hydrogen-bond donors (Lipinski definition) is 0. The Hall–Kier alpha value is 0. The van der Waals surface area contributed by atoms with Gasteiger partial charge in [-0.15, -0.1) is 0 Å². The molecular formula is C112H222. The maximum atomic E-state index is 2.59. The minimum absolute atomic E-state index is 0.677. The van der Waals surface area contributed by atoms with Gasteiger partial charge in [-0.1, -0.05) is 292 Å². The summed E-state index contributed by atoms with van der Waals surface area (Å²) in [6, 6.07) is 0. The van der Waals surface area contributed by atoms with E-state index in [0.717, 1.165) is 40.9 Å².